The predicted octanol–water partition coefficient (Wildman–Crippen LogP) is 2.20. The highest BCUT2D eigenvalue weighted by molar-refractivity contribution is 7.09. The van der Waals surface area contributed by atoms with Gasteiger partial charge in [0.2, 0.25) is 5.91 Å². The van der Waals surface area contributed by atoms with E-state index in [4.69, 9.17) is 5.73 Å². The zero-order valence-electron chi connectivity index (χ0n) is 11.5. The van der Waals surface area contributed by atoms with Gasteiger partial charge in [-0.3, -0.25) is 4.79 Å². The van der Waals surface area contributed by atoms with E-state index in [1.54, 1.807) is 11.3 Å². The lowest BCUT2D eigenvalue weighted by atomic mass is 10.0. The maximum atomic E-state index is 11.8. The molecular weight excluding hydrogens is 270 g/mol. The number of amides is 1. The summed E-state index contributed by atoms with van der Waals surface area (Å²) in [6.07, 6.45) is 1.07. The lowest BCUT2D eigenvalue weighted by Crippen LogP contribution is -2.29. The number of aryl methyl sites for hydroxylation is 1. The lowest BCUT2D eigenvalue weighted by Gasteiger charge is -2.11. The second-order valence-electron chi connectivity index (χ2n) is 4.68. The number of hydrogen-bond donors (Lipinski definition) is 2. The van der Waals surface area contributed by atoms with E-state index >= 15 is 0 Å². The second kappa shape index (κ2) is 7.17. The Morgan fingerprint density at radius 1 is 1.40 bits per heavy atom. The highest BCUT2D eigenvalue weighted by atomic mass is 32.1. The Kier molecular flexibility index (Phi) is 5.26. The fraction of sp³-hybridized carbons (Fsp3) is 0.333. The molecule has 0 spiro atoms. The molecule has 2 rings (SSSR count). The average Bonchev–Trinajstić information content (AvgIpc) is 2.85. The molecule has 1 aromatic heterocycles. The molecule has 1 amide bonds. The third-order valence-electron chi connectivity index (χ3n) is 3.00. The molecule has 0 fully saturated rings. The Hall–Kier alpha value is -1.72. The number of hydrogen-bond acceptors (Lipinski definition) is 4. The van der Waals surface area contributed by atoms with Crippen LogP contribution >= 0.6 is 11.3 Å². The Balaban J connectivity index is 1.73. The van der Waals surface area contributed by atoms with Gasteiger partial charge in [-0.2, -0.15) is 0 Å². The van der Waals surface area contributed by atoms with Crippen molar-refractivity contribution in [2.45, 2.75) is 25.8 Å². The van der Waals surface area contributed by atoms with Crippen LogP contribution in [0.25, 0.3) is 0 Å². The van der Waals surface area contributed by atoms with Crippen LogP contribution in [-0.4, -0.2) is 17.4 Å². The zero-order valence-corrected chi connectivity index (χ0v) is 12.3. The molecule has 20 heavy (non-hydrogen) atoms. The Labute approximate surface area is 123 Å². The summed E-state index contributed by atoms with van der Waals surface area (Å²) in [4.78, 5) is 16.2. The van der Waals surface area contributed by atoms with Gasteiger partial charge < -0.3 is 11.1 Å². The highest BCUT2D eigenvalue weighted by Gasteiger charge is 2.11. The first-order valence-corrected chi connectivity index (χ1v) is 7.51. The molecule has 2 aromatic rings. The minimum absolute atomic E-state index is 0.0201. The number of carbonyl (C=O) groups excluding carboxylic acids is 1. The SMILES string of the molecule is Cc1nc(CCNC(=O)CC(N)c2ccccc2)cs1. The molecule has 0 radical (unpaired) electrons. The third-order valence-corrected chi connectivity index (χ3v) is 3.83. The van der Waals surface area contributed by atoms with Gasteiger partial charge >= 0.3 is 0 Å². The summed E-state index contributed by atoms with van der Waals surface area (Å²) in [5, 5.41) is 5.96. The number of carbonyl (C=O) groups is 1. The van der Waals surface area contributed by atoms with Crippen molar-refractivity contribution in [3.8, 4) is 0 Å². The van der Waals surface area contributed by atoms with E-state index in [0.717, 1.165) is 22.7 Å². The molecule has 3 N–H and O–H groups in total. The van der Waals surface area contributed by atoms with Crippen LogP contribution in [0.5, 0.6) is 0 Å². The van der Waals surface area contributed by atoms with Crippen molar-refractivity contribution in [1.82, 2.24) is 10.3 Å². The lowest BCUT2D eigenvalue weighted by molar-refractivity contribution is -0.121. The van der Waals surface area contributed by atoms with Crippen LogP contribution in [0.15, 0.2) is 35.7 Å². The van der Waals surface area contributed by atoms with E-state index in [1.165, 1.54) is 0 Å². The van der Waals surface area contributed by atoms with Crippen LogP contribution in [0.2, 0.25) is 0 Å². The van der Waals surface area contributed by atoms with Crippen LogP contribution in [0.3, 0.4) is 0 Å². The predicted molar refractivity (Wildman–Crippen MR) is 81.6 cm³/mol. The molecule has 0 bridgehead atoms. The van der Waals surface area contributed by atoms with Crippen molar-refractivity contribution in [3.63, 3.8) is 0 Å². The van der Waals surface area contributed by atoms with Gasteiger partial charge in [0.25, 0.3) is 0 Å². The number of thiazole rings is 1. The van der Waals surface area contributed by atoms with Crippen LogP contribution in [0.1, 0.15) is 28.7 Å². The van der Waals surface area contributed by atoms with Gasteiger partial charge in [-0.25, -0.2) is 4.98 Å². The van der Waals surface area contributed by atoms with Crippen molar-refractivity contribution in [2.24, 2.45) is 5.73 Å². The van der Waals surface area contributed by atoms with Crippen LogP contribution in [-0.2, 0) is 11.2 Å². The molecule has 0 aliphatic carbocycles. The normalized spacial score (nSPS) is 12.1. The van der Waals surface area contributed by atoms with E-state index in [1.807, 2.05) is 42.6 Å². The van der Waals surface area contributed by atoms with Gasteiger partial charge in [0.1, 0.15) is 0 Å². The van der Waals surface area contributed by atoms with E-state index in [9.17, 15) is 4.79 Å². The van der Waals surface area contributed by atoms with Crippen LogP contribution < -0.4 is 11.1 Å². The number of nitrogens with two attached hydrogens (primary N) is 1. The van der Waals surface area contributed by atoms with E-state index in [2.05, 4.69) is 10.3 Å². The minimum Gasteiger partial charge on any atom is -0.356 e. The Bertz CT molecular complexity index is 553. The summed E-state index contributed by atoms with van der Waals surface area (Å²) in [5.41, 5.74) is 8.02. The molecule has 4 nitrogen and oxygen atoms in total. The topological polar surface area (TPSA) is 68.0 Å². The molecule has 0 saturated heterocycles. The fourth-order valence-corrected chi connectivity index (χ4v) is 2.59. The first-order chi connectivity index (χ1) is 9.65. The fourth-order valence-electron chi connectivity index (χ4n) is 1.94. The summed E-state index contributed by atoms with van der Waals surface area (Å²) in [7, 11) is 0. The summed E-state index contributed by atoms with van der Waals surface area (Å²) in [6, 6.07) is 9.42. The molecule has 1 aromatic carbocycles. The molecule has 0 aliphatic heterocycles. The second-order valence-corrected chi connectivity index (χ2v) is 5.74. The van der Waals surface area contributed by atoms with Crippen molar-refractivity contribution < 1.29 is 4.79 Å². The van der Waals surface area contributed by atoms with Gasteiger partial charge in [-0.1, -0.05) is 30.3 Å². The van der Waals surface area contributed by atoms with Crippen LogP contribution in [0, 0.1) is 6.92 Å². The molecule has 0 saturated carbocycles. The van der Waals surface area contributed by atoms with Gasteiger partial charge in [0.15, 0.2) is 0 Å². The standard InChI is InChI=1S/C15H19N3OS/c1-11-18-13(10-20-11)7-8-17-15(19)9-14(16)12-5-3-2-4-6-12/h2-6,10,14H,7-9,16H2,1H3,(H,17,19). The Morgan fingerprint density at radius 3 is 2.80 bits per heavy atom. The smallest absolute Gasteiger partial charge is 0.221 e. The number of rotatable bonds is 6. The van der Waals surface area contributed by atoms with Gasteiger partial charge in [0.05, 0.1) is 10.7 Å². The van der Waals surface area contributed by atoms with Gasteiger partial charge in [0, 0.05) is 30.8 Å². The molecule has 5 heteroatoms. The largest absolute Gasteiger partial charge is 0.356 e. The molecular formula is C15H19N3OS. The maximum absolute atomic E-state index is 11.8. The highest BCUT2D eigenvalue weighted by Crippen LogP contribution is 2.13. The average molecular weight is 289 g/mol. The van der Waals surface area contributed by atoms with Crippen molar-refractivity contribution in [2.75, 3.05) is 6.54 Å². The number of nitrogens with zero attached hydrogens (tertiary/aromatic N) is 1. The Morgan fingerprint density at radius 2 is 2.15 bits per heavy atom. The molecule has 106 valence electrons. The summed E-state index contributed by atoms with van der Waals surface area (Å²) in [6.45, 7) is 2.58. The summed E-state index contributed by atoms with van der Waals surface area (Å²) >= 11 is 1.63. The van der Waals surface area contributed by atoms with E-state index in [-0.39, 0.29) is 11.9 Å². The first-order valence-electron chi connectivity index (χ1n) is 6.63. The molecule has 1 heterocycles. The number of nitrogens with one attached hydrogen (secondary N) is 1. The van der Waals surface area contributed by atoms with Crippen molar-refractivity contribution in [3.05, 3.63) is 52.0 Å². The summed E-state index contributed by atoms with van der Waals surface area (Å²) in [5.74, 6) is -0.0201. The first kappa shape index (κ1) is 14.7. The maximum Gasteiger partial charge on any atom is 0.221 e. The van der Waals surface area contributed by atoms with E-state index in [0.29, 0.717) is 13.0 Å². The van der Waals surface area contributed by atoms with Gasteiger partial charge in [-0.05, 0) is 12.5 Å². The van der Waals surface area contributed by atoms with Crippen LogP contribution in [0.4, 0.5) is 0 Å². The zero-order chi connectivity index (χ0) is 14.4. The number of benzene rings is 1. The molecule has 0 aliphatic rings. The van der Waals surface area contributed by atoms with Gasteiger partial charge in [-0.15, -0.1) is 11.3 Å². The summed E-state index contributed by atoms with van der Waals surface area (Å²) < 4.78 is 0. The van der Waals surface area contributed by atoms with Crippen molar-refractivity contribution in [1.29, 1.82) is 0 Å². The molecule has 1 atom stereocenters. The van der Waals surface area contributed by atoms with Crippen molar-refractivity contribution >= 4 is 17.2 Å². The van der Waals surface area contributed by atoms with E-state index < -0.39 is 0 Å². The molecule has 1 unspecified atom stereocenters. The minimum atomic E-state index is -0.252. The quantitative estimate of drug-likeness (QED) is 0.856. The number of aromatic nitrogens is 1. The monoisotopic (exact) mass is 289 g/mol. The third kappa shape index (κ3) is 4.43.